The van der Waals surface area contributed by atoms with Crippen LogP contribution < -0.4 is 14.9 Å². The summed E-state index contributed by atoms with van der Waals surface area (Å²) < 4.78 is 18.6. The summed E-state index contributed by atoms with van der Waals surface area (Å²) >= 11 is 0. The third kappa shape index (κ3) is 4.16. The van der Waals surface area contributed by atoms with Gasteiger partial charge in [-0.05, 0) is 12.0 Å². The molecular weight excluding hydrogens is 388 g/mol. The van der Waals surface area contributed by atoms with Crippen LogP contribution in [0.5, 0.6) is 11.5 Å². The lowest BCUT2D eigenvalue weighted by Crippen LogP contribution is -2.25. The van der Waals surface area contributed by atoms with Gasteiger partial charge in [0.05, 0.1) is 24.9 Å². The molecule has 30 heavy (non-hydrogen) atoms. The molecule has 2 heterocycles. The van der Waals surface area contributed by atoms with Crippen molar-refractivity contribution in [2.75, 3.05) is 26.9 Å². The number of rotatable bonds is 7. The molecule has 0 radical (unpaired) electrons. The van der Waals surface area contributed by atoms with Gasteiger partial charge in [-0.25, -0.2) is 9.64 Å². The number of ether oxygens (including phenoxy) is 3. The summed E-state index contributed by atoms with van der Waals surface area (Å²) in [6, 6.07) is 4.41. The molecule has 1 aliphatic rings. The molecule has 0 unspecified atom stereocenters. The average molecular weight is 412 g/mol. The Balaban J connectivity index is 2.14. The van der Waals surface area contributed by atoms with Crippen molar-refractivity contribution in [2.45, 2.75) is 26.3 Å². The first-order chi connectivity index (χ1) is 14.4. The maximum atomic E-state index is 12.4. The van der Waals surface area contributed by atoms with Crippen molar-refractivity contribution in [3.63, 3.8) is 0 Å². The zero-order chi connectivity index (χ0) is 21.8. The van der Waals surface area contributed by atoms with Gasteiger partial charge in [-0.3, -0.25) is 4.79 Å². The van der Waals surface area contributed by atoms with Crippen LogP contribution in [0.3, 0.4) is 0 Å². The van der Waals surface area contributed by atoms with E-state index < -0.39 is 11.4 Å². The first-order valence-corrected chi connectivity index (χ1v) is 9.67. The molecule has 1 aromatic carbocycles. The van der Waals surface area contributed by atoms with Crippen LogP contribution in [0, 0.1) is 12.5 Å². The number of nitrogens with zero attached hydrogens (tertiary/aromatic N) is 2. The quantitative estimate of drug-likeness (QED) is 0.550. The average Bonchev–Trinajstić information content (AvgIpc) is 2.86. The molecule has 0 fully saturated rings. The first kappa shape index (κ1) is 21.4. The molecule has 0 amide bonds. The van der Waals surface area contributed by atoms with Crippen molar-refractivity contribution in [3.8, 4) is 22.8 Å². The van der Waals surface area contributed by atoms with Crippen molar-refractivity contribution in [1.29, 1.82) is 0 Å². The van der Waals surface area contributed by atoms with Gasteiger partial charge in [0.2, 0.25) is 5.69 Å². The van der Waals surface area contributed by atoms with E-state index in [0.717, 1.165) is 0 Å². The molecule has 0 bridgehead atoms. The predicted octanol–water partition coefficient (Wildman–Crippen LogP) is 3.77. The van der Waals surface area contributed by atoms with Crippen molar-refractivity contribution in [1.82, 2.24) is 4.57 Å². The van der Waals surface area contributed by atoms with Crippen LogP contribution in [-0.4, -0.2) is 42.6 Å². The molecule has 1 N–H and O–H groups in total. The van der Waals surface area contributed by atoms with Gasteiger partial charge >= 0.3 is 5.97 Å². The van der Waals surface area contributed by atoms with Crippen molar-refractivity contribution >= 4 is 11.7 Å². The highest BCUT2D eigenvalue weighted by Gasteiger charge is 2.28. The van der Waals surface area contributed by atoms with Crippen LogP contribution in [0.4, 0.5) is 5.69 Å². The number of hydrogen-bond acceptors (Lipinski definition) is 5. The van der Waals surface area contributed by atoms with Crippen LogP contribution in [0.25, 0.3) is 16.1 Å². The lowest BCUT2D eigenvalue weighted by atomic mass is 10.0. The molecule has 0 saturated heterocycles. The fraction of sp³-hybridized carbons (Fsp3) is 0.409. The highest BCUT2D eigenvalue weighted by atomic mass is 16.5. The number of fused-ring (bicyclic) bond motifs is 3. The molecule has 3 rings (SSSR count). The minimum absolute atomic E-state index is 0.118. The Bertz CT molecular complexity index is 1050. The molecule has 0 aliphatic carbocycles. The SMILES string of the molecule is [C-]#[N+]c1cc2c(cc1OCCCOC)OC[C@@H](C(C)C)n1cc(C(=O)O)c(=O)cc1-2. The number of carbonyl (C=O) groups is 1. The molecular formula is C22H24N2O6. The minimum Gasteiger partial charge on any atom is -0.504 e. The maximum Gasteiger partial charge on any atom is 0.341 e. The van der Waals surface area contributed by atoms with Gasteiger partial charge in [0.15, 0.2) is 5.43 Å². The van der Waals surface area contributed by atoms with Gasteiger partial charge in [-0.15, -0.1) is 0 Å². The molecule has 1 aromatic heterocycles. The van der Waals surface area contributed by atoms with E-state index in [0.29, 0.717) is 54.7 Å². The van der Waals surface area contributed by atoms with Gasteiger partial charge in [-0.1, -0.05) is 13.8 Å². The summed E-state index contributed by atoms with van der Waals surface area (Å²) in [5, 5.41) is 9.39. The van der Waals surface area contributed by atoms with Crippen molar-refractivity contribution < 1.29 is 24.1 Å². The van der Waals surface area contributed by atoms with E-state index in [9.17, 15) is 14.7 Å². The largest absolute Gasteiger partial charge is 0.504 e. The molecule has 0 spiro atoms. The zero-order valence-electron chi connectivity index (χ0n) is 17.2. The lowest BCUT2D eigenvalue weighted by Gasteiger charge is -2.24. The highest BCUT2D eigenvalue weighted by Crippen LogP contribution is 2.43. The summed E-state index contributed by atoms with van der Waals surface area (Å²) in [5.74, 6) is -0.264. The van der Waals surface area contributed by atoms with E-state index in [4.69, 9.17) is 20.8 Å². The van der Waals surface area contributed by atoms with Crippen molar-refractivity contribution in [3.05, 3.63) is 51.6 Å². The molecule has 1 atom stereocenters. The Hall–Kier alpha value is -3.31. The number of pyridine rings is 1. The number of carboxylic acids is 1. The normalized spacial score (nSPS) is 14.8. The van der Waals surface area contributed by atoms with Crippen LogP contribution >= 0.6 is 0 Å². The number of carboxylic acid groups (broad SMARTS) is 1. The summed E-state index contributed by atoms with van der Waals surface area (Å²) in [7, 11) is 1.61. The monoisotopic (exact) mass is 412 g/mol. The molecule has 8 nitrogen and oxygen atoms in total. The van der Waals surface area contributed by atoms with E-state index in [1.165, 1.54) is 12.3 Å². The number of aromatic nitrogens is 1. The lowest BCUT2D eigenvalue weighted by molar-refractivity contribution is 0.0694. The third-order valence-electron chi connectivity index (χ3n) is 5.05. The number of aromatic carboxylic acids is 1. The van der Waals surface area contributed by atoms with E-state index in [2.05, 4.69) is 4.85 Å². The smallest absolute Gasteiger partial charge is 0.341 e. The standard InChI is InChI=1S/C22H24N2O6/c1-13(2)18-12-30-20-10-21(29-7-5-6-28-4)16(23-3)8-14(20)17-9-19(25)15(22(26)27)11-24(17)18/h8-11,13,18H,5-7,12H2,1-2,4H3,(H,26,27)/t18-/m0/s1. The number of hydrogen-bond donors (Lipinski definition) is 1. The maximum absolute atomic E-state index is 12.4. The molecule has 2 aromatic rings. The van der Waals surface area contributed by atoms with Crippen LogP contribution in [0.1, 0.15) is 36.7 Å². The molecule has 1 aliphatic heterocycles. The van der Waals surface area contributed by atoms with Crippen molar-refractivity contribution in [2.24, 2.45) is 5.92 Å². The second-order valence-corrected chi connectivity index (χ2v) is 7.39. The second kappa shape index (κ2) is 9.01. The van der Waals surface area contributed by atoms with Gasteiger partial charge in [0.1, 0.15) is 23.7 Å². The fourth-order valence-electron chi connectivity index (χ4n) is 3.43. The van der Waals surface area contributed by atoms with Crippen LogP contribution in [-0.2, 0) is 4.74 Å². The Morgan fingerprint density at radius 2 is 2.13 bits per heavy atom. The van der Waals surface area contributed by atoms with Gasteiger partial charge in [-0.2, -0.15) is 0 Å². The highest BCUT2D eigenvalue weighted by molar-refractivity contribution is 5.88. The predicted molar refractivity (Wildman–Crippen MR) is 111 cm³/mol. The summed E-state index contributed by atoms with van der Waals surface area (Å²) in [6.07, 6.45) is 2.05. The van der Waals surface area contributed by atoms with Gasteiger partial charge in [0, 0.05) is 44.0 Å². The Morgan fingerprint density at radius 3 is 2.77 bits per heavy atom. The van der Waals surface area contributed by atoms with Crippen LogP contribution in [0.15, 0.2) is 29.2 Å². The zero-order valence-corrected chi connectivity index (χ0v) is 17.2. The number of methoxy groups -OCH3 is 1. The first-order valence-electron chi connectivity index (χ1n) is 9.67. The molecule has 158 valence electrons. The number of benzene rings is 1. The van der Waals surface area contributed by atoms with Crippen LogP contribution in [0.2, 0.25) is 0 Å². The summed E-state index contributed by atoms with van der Waals surface area (Å²) in [4.78, 5) is 27.5. The van der Waals surface area contributed by atoms with Gasteiger partial charge < -0.3 is 23.9 Å². The Morgan fingerprint density at radius 1 is 1.37 bits per heavy atom. The topological polar surface area (TPSA) is 91.3 Å². The minimum atomic E-state index is -1.27. The summed E-state index contributed by atoms with van der Waals surface area (Å²) in [5.41, 5.74) is 0.484. The molecule has 8 heteroatoms. The van der Waals surface area contributed by atoms with E-state index >= 15 is 0 Å². The van der Waals surface area contributed by atoms with E-state index in [1.807, 2.05) is 13.8 Å². The van der Waals surface area contributed by atoms with E-state index in [-0.39, 0.29) is 17.5 Å². The second-order valence-electron chi connectivity index (χ2n) is 7.39. The molecule has 0 saturated carbocycles. The van der Waals surface area contributed by atoms with Gasteiger partial charge in [0.25, 0.3) is 0 Å². The Kier molecular flexibility index (Phi) is 6.43. The fourth-order valence-corrected chi connectivity index (χ4v) is 3.43. The summed E-state index contributed by atoms with van der Waals surface area (Å²) in [6.45, 7) is 12.8. The Labute approximate surface area is 174 Å². The third-order valence-corrected chi connectivity index (χ3v) is 5.05. The van der Waals surface area contributed by atoms with E-state index in [1.54, 1.807) is 23.8 Å².